The summed E-state index contributed by atoms with van der Waals surface area (Å²) in [5, 5.41) is 7.34. The molecule has 1 aromatic carbocycles. The van der Waals surface area contributed by atoms with Gasteiger partial charge < -0.3 is 14.6 Å². The molecule has 2 rings (SSSR count). The van der Waals surface area contributed by atoms with Crippen LogP contribution in [0, 0.1) is 0 Å². The average molecular weight is 275 g/mol. The van der Waals surface area contributed by atoms with Crippen molar-refractivity contribution in [1.29, 1.82) is 0 Å². The fourth-order valence-corrected chi connectivity index (χ4v) is 1.83. The van der Waals surface area contributed by atoms with Crippen LogP contribution in [0.2, 0.25) is 0 Å². The molecule has 0 aliphatic carbocycles. The van der Waals surface area contributed by atoms with Crippen molar-refractivity contribution in [3.05, 3.63) is 30.2 Å². The van der Waals surface area contributed by atoms with Gasteiger partial charge in [0.2, 0.25) is 11.7 Å². The molecule has 0 saturated carbocycles. The van der Waals surface area contributed by atoms with Crippen molar-refractivity contribution in [2.24, 2.45) is 0 Å². The Morgan fingerprint density at radius 1 is 1.35 bits per heavy atom. The molecule has 0 unspecified atom stereocenters. The first kappa shape index (κ1) is 14.5. The second kappa shape index (κ2) is 7.05. The lowest BCUT2D eigenvalue weighted by Gasteiger charge is -2.04. The molecule has 20 heavy (non-hydrogen) atoms. The molecule has 0 aliphatic rings. The van der Waals surface area contributed by atoms with E-state index in [2.05, 4.69) is 29.3 Å². The minimum absolute atomic E-state index is 0.459. The molecule has 108 valence electrons. The highest BCUT2D eigenvalue weighted by atomic mass is 16.5. The van der Waals surface area contributed by atoms with E-state index < -0.39 is 0 Å². The Morgan fingerprint density at radius 2 is 2.20 bits per heavy atom. The number of nitrogens with one attached hydrogen (secondary N) is 1. The van der Waals surface area contributed by atoms with Gasteiger partial charge in [-0.15, -0.1) is 0 Å². The minimum atomic E-state index is 0.459. The summed E-state index contributed by atoms with van der Waals surface area (Å²) in [6, 6.07) is 8.17. The third kappa shape index (κ3) is 4.06. The van der Waals surface area contributed by atoms with Crippen LogP contribution in [-0.4, -0.2) is 29.3 Å². The summed E-state index contributed by atoms with van der Waals surface area (Å²) in [5.41, 5.74) is 0.905. The van der Waals surface area contributed by atoms with E-state index in [1.807, 2.05) is 31.2 Å². The van der Waals surface area contributed by atoms with Gasteiger partial charge in [-0.2, -0.15) is 4.98 Å². The van der Waals surface area contributed by atoms with Crippen molar-refractivity contribution in [2.75, 3.05) is 13.2 Å². The fourth-order valence-electron chi connectivity index (χ4n) is 1.83. The molecule has 0 atom stereocenters. The zero-order valence-corrected chi connectivity index (χ0v) is 12.2. The van der Waals surface area contributed by atoms with Crippen LogP contribution in [0.5, 0.6) is 5.75 Å². The van der Waals surface area contributed by atoms with Crippen molar-refractivity contribution in [2.45, 2.75) is 33.2 Å². The Bertz CT molecular complexity index is 537. The summed E-state index contributed by atoms with van der Waals surface area (Å²) in [4.78, 5) is 4.41. The van der Waals surface area contributed by atoms with Crippen LogP contribution in [0.1, 0.15) is 26.7 Å². The van der Waals surface area contributed by atoms with Crippen molar-refractivity contribution in [1.82, 2.24) is 15.5 Å². The van der Waals surface area contributed by atoms with E-state index in [1.54, 1.807) is 0 Å². The van der Waals surface area contributed by atoms with Gasteiger partial charge in [0.25, 0.3) is 0 Å². The molecule has 1 heterocycles. The first-order valence-electron chi connectivity index (χ1n) is 6.98. The maximum absolute atomic E-state index is 5.47. The second-order valence-corrected chi connectivity index (χ2v) is 4.83. The highest BCUT2D eigenvalue weighted by Crippen LogP contribution is 2.21. The number of benzene rings is 1. The smallest absolute Gasteiger partial charge is 0.228 e. The van der Waals surface area contributed by atoms with Crippen LogP contribution in [-0.2, 0) is 6.42 Å². The minimum Gasteiger partial charge on any atom is -0.494 e. The quantitative estimate of drug-likeness (QED) is 0.841. The van der Waals surface area contributed by atoms with Crippen LogP contribution in [0.3, 0.4) is 0 Å². The van der Waals surface area contributed by atoms with Crippen LogP contribution >= 0.6 is 0 Å². The van der Waals surface area contributed by atoms with E-state index in [1.165, 1.54) is 0 Å². The fraction of sp³-hybridized carbons (Fsp3) is 0.467. The lowest BCUT2D eigenvalue weighted by molar-refractivity contribution is 0.340. The summed E-state index contributed by atoms with van der Waals surface area (Å²) in [5.74, 6) is 2.07. The molecule has 0 spiro atoms. The lowest BCUT2D eigenvalue weighted by Crippen LogP contribution is -2.25. The number of ether oxygens (including phenoxy) is 1. The third-order valence-electron chi connectivity index (χ3n) is 2.76. The molecule has 1 aromatic heterocycles. The Balaban J connectivity index is 2.02. The lowest BCUT2D eigenvalue weighted by atomic mass is 10.2. The van der Waals surface area contributed by atoms with E-state index in [4.69, 9.17) is 9.26 Å². The molecule has 5 heteroatoms. The van der Waals surface area contributed by atoms with Gasteiger partial charge in [0.1, 0.15) is 5.75 Å². The number of rotatable bonds is 7. The highest BCUT2D eigenvalue weighted by Gasteiger charge is 2.09. The zero-order valence-electron chi connectivity index (χ0n) is 12.2. The van der Waals surface area contributed by atoms with Crippen molar-refractivity contribution >= 4 is 0 Å². The Morgan fingerprint density at radius 3 is 2.95 bits per heavy atom. The molecule has 0 fully saturated rings. The van der Waals surface area contributed by atoms with E-state index in [0.29, 0.717) is 24.4 Å². The van der Waals surface area contributed by atoms with Crippen LogP contribution in [0.4, 0.5) is 0 Å². The number of hydrogen-bond acceptors (Lipinski definition) is 5. The molecule has 0 radical (unpaired) electrons. The molecule has 0 amide bonds. The van der Waals surface area contributed by atoms with Gasteiger partial charge >= 0.3 is 0 Å². The summed E-state index contributed by atoms with van der Waals surface area (Å²) < 4.78 is 10.7. The summed E-state index contributed by atoms with van der Waals surface area (Å²) in [6.07, 6.45) is 0.732. The molecule has 0 aliphatic heterocycles. The van der Waals surface area contributed by atoms with Crippen molar-refractivity contribution < 1.29 is 9.26 Å². The number of nitrogens with zero attached hydrogens (tertiary/aromatic N) is 2. The largest absolute Gasteiger partial charge is 0.494 e. The Hall–Kier alpha value is -1.88. The third-order valence-corrected chi connectivity index (χ3v) is 2.76. The van der Waals surface area contributed by atoms with Crippen molar-refractivity contribution in [3.63, 3.8) is 0 Å². The normalized spacial score (nSPS) is 11.0. The Labute approximate surface area is 119 Å². The van der Waals surface area contributed by atoms with Gasteiger partial charge in [0, 0.05) is 24.6 Å². The van der Waals surface area contributed by atoms with Gasteiger partial charge in [-0.05, 0) is 19.1 Å². The van der Waals surface area contributed by atoms with Gasteiger partial charge in [-0.1, -0.05) is 31.1 Å². The SMILES string of the molecule is CCOc1cccc(-c2noc(CCNC(C)C)n2)c1. The van der Waals surface area contributed by atoms with Gasteiger partial charge in [0.05, 0.1) is 6.61 Å². The average Bonchev–Trinajstić information content (AvgIpc) is 2.88. The summed E-state index contributed by atoms with van der Waals surface area (Å²) >= 11 is 0. The molecule has 2 aromatic rings. The first-order valence-corrected chi connectivity index (χ1v) is 6.98. The molecule has 1 N–H and O–H groups in total. The first-order chi connectivity index (χ1) is 9.69. The second-order valence-electron chi connectivity index (χ2n) is 4.83. The number of aromatic nitrogens is 2. The topological polar surface area (TPSA) is 60.2 Å². The van der Waals surface area contributed by atoms with Crippen LogP contribution in [0.25, 0.3) is 11.4 Å². The van der Waals surface area contributed by atoms with E-state index in [0.717, 1.165) is 24.3 Å². The van der Waals surface area contributed by atoms with Crippen LogP contribution < -0.4 is 10.1 Å². The predicted molar refractivity (Wildman–Crippen MR) is 77.7 cm³/mol. The molecular weight excluding hydrogens is 254 g/mol. The van der Waals surface area contributed by atoms with E-state index in [9.17, 15) is 0 Å². The molecule has 0 bridgehead atoms. The van der Waals surface area contributed by atoms with Gasteiger partial charge in [0.15, 0.2) is 0 Å². The van der Waals surface area contributed by atoms with E-state index >= 15 is 0 Å². The maximum Gasteiger partial charge on any atom is 0.228 e. The highest BCUT2D eigenvalue weighted by molar-refractivity contribution is 5.56. The standard InChI is InChI=1S/C15H21N3O2/c1-4-19-13-7-5-6-12(10-13)15-17-14(20-18-15)8-9-16-11(2)3/h5-7,10-11,16H,4,8-9H2,1-3H3. The van der Waals surface area contributed by atoms with Gasteiger partial charge in [-0.3, -0.25) is 0 Å². The van der Waals surface area contributed by atoms with E-state index in [-0.39, 0.29) is 0 Å². The maximum atomic E-state index is 5.47. The summed E-state index contributed by atoms with van der Waals surface area (Å²) in [6.45, 7) is 7.65. The molecule has 5 nitrogen and oxygen atoms in total. The van der Waals surface area contributed by atoms with Crippen LogP contribution in [0.15, 0.2) is 28.8 Å². The zero-order chi connectivity index (χ0) is 14.4. The van der Waals surface area contributed by atoms with Gasteiger partial charge in [-0.25, -0.2) is 0 Å². The monoisotopic (exact) mass is 275 g/mol. The Kier molecular flexibility index (Phi) is 5.12. The number of hydrogen-bond donors (Lipinski definition) is 1. The predicted octanol–water partition coefficient (Wildman–Crippen LogP) is 2.68. The molecular formula is C15H21N3O2. The summed E-state index contributed by atoms with van der Waals surface area (Å²) in [7, 11) is 0. The molecule has 0 saturated heterocycles. The van der Waals surface area contributed by atoms with Crippen molar-refractivity contribution in [3.8, 4) is 17.1 Å².